The minimum absolute atomic E-state index is 0.0694. The predicted molar refractivity (Wildman–Crippen MR) is 124 cm³/mol. The van der Waals surface area contributed by atoms with Crippen LogP contribution >= 0.6 is 0 Å². The molecule has 168 valence electrons. The number of rotatable bonds is 7. The van der Waals surface area contributed by atoms with Gasteiger partial charge in [-0.25, -0.2) is 4.79 Å². The molecule has 8 heteroatoms. The summed E-state index contributed by atoms with van der Waals surface area (Å²) < 4.78 is 5.23. The van der Waals surface area contributed by atoms with Crippen molar-refractivity contribution in [3.05, 3.63) is 77.9 Å². The Hall–Kier alpha value is -4.07. The van der Waals surface area contributed by atoms with Crippen LogP contribution in [-0.2, 0) is 16.1 Å². The van der Waals surface area contributed by atoms with Gasteiger partial charge in [-0.05, 0) is 60.5 Å². The Labute approximate surface area is 191 Å². The van der Waals surface area contributed by atoms with Crippen molar-refractivity contribution in [1.82, 2.24) is 25.5 Å². The Morgan fingerprint density at radius 2 is 1.76 bits per heavy atom. The third-order valence-electron chi connectivity index (χ3n) is 5.09. The van der Waals surface area contributed by atoms with E-state index in [1.165, 1.54) is 4.80 Å². The molecule has 0 saturated heterocycles. The van der Waals surface area contributed by atoms with E-state index in [9.17, 15) is 9.59 Å². The van der Waals surface area contributed by atoms with Crippen molar-refractivity contribution in [3.63, 3.8) is 0 Å². The van der Waals surface area contributed by atoms with Gasteiger partial charge in [-0.3, -0.25) is 4.79 Å². The number of carbonyl (C=O) groups is 2. The monoisotopic (exact) mass is 443 g/mol. The average molecular weight is 444 g/mol. The van der Waals surface area contributed by atoms with Gasteiger partial charge in [-0.1, -0.05) is 48.5 Å². The third-order valence-corrected chi connectivity index (χ3v) is 5.09. The first-order chi connectivity index (χ1) is 15.9. The van der Waals surface area contributed by atoms with Crippen LogP contribution in [0.3, 0.4) is 0 Å². The number of esters is 1. The highest BCUT2D eigenvalue weighted by molar-refractivity contribution is 5.90. The van der Waals surface area contributed by atoms with E-state index in [0.29, 0.717) is 17.0 Å². The van der Waals surface area contributed by atoms with Gasteiger partial charge in [0.1, 0.15) is 6.54 Å². The first kappa shape index (κ1) is 22.1. The van der Waals surface area contributed by atoms with Crippen molar-refractivity contribution >= 4 is 22.6 Å². The molecule has 1 atom stereocenters. The molecule has 0 aliphatic carbocycles. The van der Waals surface area contributed by atoms with Crippen LogP contribution in [0.25, 0.3) is 22.2 Å². The fraction of sp³-hybridized carbons (Fsp3) is 0.240. The van der Waals surface area contributed by atoms with Gasteiger partial charge in [0, 0.05) is 5.56 Å². The van der Waals surface area contributed by atoms with Gasteiger partial charge < -0.3 is 10.1 Å². The molecule has 1 N–H and O–H groups in total. The number of fused-ring (bicyclic) bond motifs is 1. The fourth-order valence-corrected chi connectivity index (χ4v) is 3.47. The maximum Gasteiger partial charge on any atom is 0.338 e. The number of aromatic nitrogens is 4. The second-order valence-electron chi connectivity index (χ2n) is 8.07. The zero-order valence-corrected chi connectivity index (χ0v) is 18.7. The van der Waals surface area contributed by atoms with Crippen LogP contribution < -0.4 is 5.32 Å². The van der Waals surface area contributed by atoms with Crippen LogP contribution in [0, 0.1) is 0 Å². The van der Waals surface area contributed by atoms with Gasteiger partial charge in [-0.2, -0.15) is 4.80 Å². The molecule has 0 radical (unpaired) electrons. The van der Waals surface area contributed by atoms with Crippen molar-refractivity contribution in [3.8, 4) is 11.4 Å². The molecule has 1 aromatic heterocycles. The van der Waals surface area contributed by atoms with Gasteiger partial charge in [0.2, 0.25) is 11.7 Å². The molecule has 0 spiro atoms. The number of nitrogens with zero attached hydrogens (tertiary/aromatic N) is 4. The number of hydrogen-bond donors (Lipinski definition) is 1. The first-order valence-electron chi connectivity index (χ1n) is 10.8. The van der Waals surface area contributed by atoms with Gasteiger partial charge in [-0.15, -0.1) is 10.2 Å². The molecule has 1 heterocycles. The SMILES string of the molecule is CC(C)OC(=O)c1cccc(-c2nnn(CC(=O)NC(C)c3ccc4ccccc4c3)n2)c1. The first-order valence-corrected chi connectivity index (χ1v) is 10.8. The molecule has 0 saturated carbocycles. The van der Waals surface area contributed by atoms with Crippen LogP contribution in [-0.4, -0.2) is 38.2 Å². The van der Waals surface area contributed by atoms with Crippen LogP contribution in [0.1, 0.15) is 42.7 Å². The Bertz CT molecular complexity index is 1300. The minimum atomic E-state index is -0.415. The van der Waals surface area contributed by atoms with Crippen LogP contribution in [0.15, 0.2) is 66.7 Å². The third kappa shape index (κ3) is 5.41. The molecular weight excluding hydrogens is 418 g/mol. The summed E-state index contributed by atoms with van der Waals surface area (Å²) >= 11 is 0. The topological polar surface area (TPSA) is 99.0 Å². The zero-order chi connectivity index (χ0) is 23.4. The molecule has 4 aromatic rings. The smallest absolute Gasteiger partial charge is 0.338 e. The van der Waals surface area contributed by atoms with E-state index in [-0.39, 0.29) is 24.6 Å². The van der Waals surface area contributed by atoms with Crippen molar-refractivity contribution < 1.29 is 14.3 Å². The Kier molecular flexibility index (Phi) is 6.44. The van der Waals surface area contributed by atoms with E-state index in [0.717, 1.165) is 16.3 Å². The lowest BCUT2D eigenvalue weighted by Crippen LogP contribution is -2.30. The number of ether oxygens (including phenoxy) is 1. The summed E-state index contributed by atoms with van der Waals surface area (Å²) in [6.45, 7) is 5.45. The molecule has 0 aliphatic heterocycles. The van der Waals surface area contributed by atoms with Gasteiger partial charge in [0.25, 0.3) is 0 Å². The molecule has 4 rings (SSSR count). The van der Waals surface area contributed by atoms with Crippen molar-refractivity contribution in [1.29, 1.82) is 0 Å². The van der Waals surface area contributed by atoms with E-state index in [4.69, 9.17) is 4.74 Å². The Morgan fingerprint density at radius 3 is 2.55 bits per heavy atom. The second kappa shape index (κ2) is 9.60. The predicted octanol–water partition coefficient (Wildman–Crippen LogP) is 3.94. The van der Waals surface area contributed by atoms with E-state index in [1.807, 2.05) is 37.3 Å². The Balaban J connectivity index is 1.41. The normalized spacial score (nSPS) is 12.0. The molecular formula is C25H25N5O3. The largest absolute Gasteiger partial charge is 0.459 e. The number of tetrazole rings is 1. The number of amides is 1. The van der Waals surface area contributed by atoms with Gasteiger partial charge in [0.05, 0.1) is 17.7 Å². The summed E-state index contributed by atoms with van der Waals surface area (Å²) in [5.74, 6) is -0.320. The van der Waals surface area contributed by atoms with Crippen molar-refractivity contribution in [2.24, 2.45) is 0 Å². The lowest BCUT2D eigenvalue weighted by atomic mass is 10.0. The number of nitrogens with one attached hydrogen (secondary N) is 1. The minimum Gasteiger partial charge on any atom is -0.459 e. The highest BCUT2D eigenvalue weighted by Gasteiger charge is 2.15. The quantitative estimate of drug-likeness (QED) is 0.435. The number of benzene rings is 3. The summed E-state index contributed by atoms with van der Waals surface area (Å²) in [5.41, 5.74) is 2.03. The summed E-state index contributed by atoms with van der Waals surface area (Å²) in [5, 5.41) is 17.5. The molecule has 1 unspecified atom stereocenters. The van der Waals surface area contributed by atoms with Crippen LogP contribution in [0.4, 0.5) is 0 Å². The molecule has 0 fully saturated rings. The lowest BCUT2D eigenvalue weighted by Gasteiger charge is -2.14. The fourth-order valence-electron chi connectivity index (χ4n) is 3.47. The maximum atomic E-state index is 12.6. The van der Waals surface area contributed by atoms with Crippen molar-refractivity contribution in [2.75, 3.05) is 0 Å². The molecule has 0 bridgehead atoms. The van der Waals surface area contributed by atoms with E-state index in [2.05, 4.69) is 32.9 Å². The summed E-state index contributed by atoms with van der Waals surface area (Å²) in [6.07, 6.45) is -0.212. The molecule has 8 nitrogen and oxygen atoms in total. The van der Waals surface area contributed by atoms with Gasteiger partial charge >= 0.3 is 5.97 Å². The highest BCUT2D eigenvalue weighted by Crippen LogP contribution is 2.20. The zero-order valence-electron chi connectivity index (χ0n) is 18.7. The van der Waals surface area contributed by atoms with E-state index >= 15 is 0 Å². The Morgan fingerprint density at radius 1 is 0.970 bits per heavy atom. The van der Waals surface area contributed by atoms with Crippen molar-refractivity contribution in [2.45, 2.75) is 39.5 Å². The maximum absolute atomic E-state index is 12.6. The highest BCUT2D eigenvalue weighted by atomic mass is 16.5. The van der Waals surface area contributed by atoms with E-state index in [1.54, 1.807) is 38.1 Å². The average Bonchev–Trinajstić information content (AvgIpc) is 3.26. The standard InChI is InChI=1S/C25H25N5O3/c1-16(2)33-25(32)22-10-6-9-21(14-22)24-27-29-30(28-24)15-23(31)26-17(3)19-12-11-18-7-4-5-8-20(18)13-19/h4-14,16-17H,15H2,1-3H3,(H,26,31). The molecule has 3 aromatic carbocycles. The summed E-state index contributed by atoms with van der Waals surface area (Å²) in [4.78, 5) is 25.9. The van der Waals surface area contributed by atoms with E-state index < -0.39 is 5.97 Å². The molecule has 33 heavy (non-hydrogen) atoms. The lowest BCUT2D eigenvalue weighted by molar-refractivity contribution is -0.122. The number of hydrogen-bond acceptors (Lipinski definition) is 6. The summed E-state index contributed by atoms with van der Waals surface area (Å²) in [6, 6.07) is 20.9. The summed E-state index contributed by atoms with van der Waals surface area (Å²) in [7, 11) is 0. The molecule has 1 amide bonds. The number of carbonyl (C=O) groups excluding carboxylic acids is 2. The molecule has 0 aliphatic rings. The second-order valence-corrected chi connectivity index (χ2v) is 8.07. The van der Waals surface area contributed by atoms with Gasteiger partial charge in [0.15, 0.2) is 0 Å². The van der Waals surface area contributed by atoms with Crippen LogP contribution in [0.5, 0.6) is 0 Å². The van der Waals surface area contributed by atoms with Crippen LogP contribution in [0.2, 0.25) is 0 Å².